The second-order valence-electron chi connectivity index (χ2n) is 6.11. The van der Waals surface area contributed by atoms with E-state index in [1.54, 1.807) is 12.1 Å². The SMILES string of the molecule is Cc1cc(S(=O)(=O)N(C)C)cc(NCC(=O)Nc2cccc(I)c2)c1C. The van der Waals surface area contributed by atoms with Gasteiger partial charge in [0.25, 0.3) is 0 Å². The van der Waals surface area contributed by atoms with Crippen molar-refractivity contribution in [2.24, 2.45) is 0 Å². The van der Waals surface area contributed by atoms with Gasteiger partial charge < -0.3 is 10.6 Å². The molecular formula is C18H22IN3O3S. The second kappa shape index (κ2) is 8.36. The Morgan fingerprint density at radius 3 is 2.46 bits per heavy atom. The summed E-state index contributed by atoms with van der Waals surface area (Å²) in [6.07, 6.45) is 0. The van der Waals surface area contributed by atoms with Crippen LogP contribution in [0.4, 0.5) is 11.4 Å². The van der Waals surface area contributed by atoms with Crippen LogP contribution in [0.1, 0.15) is 11.1 Å². The lowest BCUT2D eigenvalue weighted by atomic mass is 10.1. The van der Waals surface area contributed by atoms with Crippen molar-refractivity contribution in [2.75, 3.05) is 31.3 Å². The topological polar surface area (TPSA) is 78.5 Å². The van der Waals surface area contributed by atoms with E-state index in [9.17, 15) is 13.2 Å². The normalized spacial score (nSPS) is 11.5. The van der Waals surface area contributed by atoms with Gasteiger partial charge in [-0.3, -0.25) is 4.79 Å². The standard InChI is InChI=1S/C18H22IN3O3S/c1-12-8-16(26(24,25)22(3)4)10-17(13(12)2)20-11-18(23)21-15-7-5-6-14(19)9-15/h5-10,20H,11H2,1-4H3,(H,21,23). The Labute approximate surface area is 168 Å². The maximum atomic E-state index is 12.4. The predicted octanol–water partition coefficient (Wildman–Crippen LogP) is 3.21. The van der Waals surface area contributed by atoms with Crippen molar-refractivity contribution in [1.82, 2.24) is 4.31 Å². The van der Waals surface area contributed by atoms with E-state index in [0.717, 1.165) is 20.4 Å². The van der Waals surface area contributed by atoms with Gasteiger partial charge in [0.15, 0.2) is 0 Å². The van der Waals surface area contributed by atoms with Crippen LogP contribution in [0.15, 0.2) is 41.3 Å². The summed E-state index contributed by atoms with van der Waals surface area (Å²) in [5, 5.41) is 5.86. The zero-order valence-electron chi connectivity index (χ0n) is 15.1. The molecule has 1 amide bonds. The molecule has 0 radical (unpaired) electrons. The number of nitrogens with zero attached hydrogens (tertiary/aromatic N) is 1. The van der Waals surface area contributed by atoms with Crippen molar-refractivity contribution in [3.63, 3.8) is 0 Å². The molecule has 0 atom stereocenters. The van der Waals surface area contributed by atoms with Gasteiger partial charge in [-0.1, -0.05) is 6.07 Å². The quantitative estimate of drug-likeness (QED) is 0.614. The van der Waals surface area contributed by atoms with E-state index >= 15 is 0 Å². The molecule has 0 bridgehead atoms. The first-order chi connectivity index (χ1) is 12.1. The zero-order chi connectivity index (χ0) is 19.5. The number of hydrogen-bond acceptors (Lipinski definition) is 4. The lowest BCUT2D eigenvalue weighted by Gasteiger charge is -2.17. The first kappa shape index (κ1) is 20.7. The molecular weight excluding hydrogens is 465 g/mol. The van der Waals surface area contributed by atoms with E-state index in [4.69, 9.17) is 0 Å². The molecule has 0 aliphatic carbocycles. The van der Waals surface area contributed by atoms with Crippen molar-refractivity contribution in [1.29, 1.82) is 0 Å². The molecule has 26 heavy (non-hydrogen) atoms. The van der Waals surface area contributed by atoms with Gasteiger partial charge in [-0.25, -0.2) is 12.7 Å². The Bertz CT molecular complexity index is 927. The fourth-order valence-corrected chi connectivity index (χ4v) is 3.87. The molecule has 0 fully saturated rings. The number of rotatable bonds is 6. The van der Waals surface area contributed by atoms with Crippen LogP contribution in [0.3, 0.4) is 0 Å². The number of amides is 1. The van der Waals surface area contributed by atoms with Crippen LogP contribution in [0.5, 0.6) is 0 Å². The van der Waals surface area contributed by atoms with E-state index in [0.29, 0.717) is 5.69 Å². The average molecular weight is 487 g/mol. The van der Waals surface area contributed by atoms with E-state index < -0.39 is 10.0 Å². The van der Waals surface area contributed by atoms with Crippen LogP contribution in [0.2, 0.25) is 0 Å². The molecule has 0 aromatic heterocycles. The van der Waals surface area contributed by atoms with Crippen molar-refractivity contribution >= 4 is 49.9 Å². The number of halogens is 1. The van der Waals surface area contributed by atoms with Crippen LogP contribution < -0.4 is 10.6 Å². The monoisotopic (exact) mass is 487 g/mol. The zero-order valence-corrected chi connectivity index (χ0v) is 18.1. The van der Waals surface area contributed by atoms with Crippen LogP contribution in [0, 0.1) is 17.4 Å². The van der Waals surface area contributed by atoms with Gasteiger partial charge in [-0.05, 0) is 77.9 Å². The number of carbonyl (C=O) groups excluding carboxylic acids is 1. The van der Waals surface area contributed by atoms with Gasteiger partial charge in [0, 0.05) is 29.0 Å². The van der Waals surface area contributed by atoms with Gasteiger partial charge >= 0.3 is 0 Å². The molecule has 0 heterocycles. The van der Waals surface area contributed by atoms with Crippen LogP contribution in [-0.4, -0.2) is 39.3 Å². The second-order valence-corrected chi connectivity index (χ2v) is 9.51. The third kappa shape index (κ3) is 4.95. The van der Waals surface area contributed by atoms with E-state index in [2.05, 4.69) is 33.2 Å². The Balaban J connectivity index is 2.16. The smallest absolute Gasteiger partial charge is 0.243 e. The maximum Gasteiger partial charge on any atom is 0.243 e. The fraction of sp³-hybridized carbons (Fsp3) is 0.278. The fourth-order valence-electron chi connectivity index (χ4n) is 2.32. The molecule has 0 spiro atoms. The number of carbonyl (C=O) groups is 1. The van der Waals surface area contributed by atoms with E-state index in [-0.39, 0.29) is 17.3 Å². The van der Waals surface area contributed by atoms with Gasteiger partial charge in [-0.2, -0.15) is 0 Å². The Kier molecular flexibility index (Phi) is 6.64. The third-order valence-electron chi connectivity index (χ3n) is 3.97. The summed E-state index contributed by atoms with van der Waals surface area (Å²) >= 11 is 2.18. The summed E-state index contributed by atoms with van der Waals surface area (Å²) in [5.74, 6) is -0.204. The molecule has 0 aliphatic heterocycles. The minimum absolute atomic E-state index is 0.0389. The predicted molar refractivity (Wildman–Crippen MR) is 113 cm³/mol. The molecule has 2 N–H and O–H groups in total. The molecule has 0 saturated heterocycles. The summed E-state index contributed by atoms with van der Waals surface area (Å²) in [6.45, 7) is 3.78. The molecule has 2 aromatic carbocycles. The van der Waals surface area contributed by atoms with E-state index in [1.807, 2.05) is 38.1 Å². The molecule has 0 unspecified atom stereocenters. The maximum absolute atomic E-state index is 12.4. The highest BCUT2D eigenvalue weighted by molar-refractivity contribution is 14.1. The highest BCUT2D eigenvalue weighted by Crippen LogP contribution is 2.25. The number of sulfonamides is 1. The van der Waals surface area contributed by atoms with Gasteiger partial charge in [0.05, 0.1) is 11.4 Å². The molecule has 0 aliphatic rings. The Hall–Kier alpha value is -1.65. The van der Waals surface area contributed by atoms with Crippen molar-refractivity contribution in [2.45, 2.75) is 18.7 Å². The highest BCUT2D eigenvalue weighted by Gasteiger charge is 2.19. The summed E-state index contributed by atoms with van der Waals surface area (Å²) in [5.41, 5.74) is 3.10. The van der Waals surface area contributed by atoms with Crippen molar-refractivity contribution in [3.8, 4) is 0 Å². The lowest BCUT2D eigenvalue weighted by Crippen LogP contribution is -2.24. The Morgan fingerprint density at radius 1 is 1.15 bits per heavy atom. The summed E-state index contributed by atoms with van der Waals surface area (Å²) in [7, 11) is -0.554. The molecule has 140 valence electrons. The molecule has 2 rings (SSSR count). The summed E-state index contributed by atoms with van der Waals surface area (Å²) < 4.78 is 27.0. The highest BCUT2D eigenvalue weighted by atomic mass is 127. The number of aryl methyl sites for hydroxylation is 1. The van der Waals surface area contributed by atoms with Crippen molar-refractivity contribution in [3.05, 3.63) is 51.1 Å². The largest absolute Gasteiger partial charge is 0.376 e. The molecule has 6 nitrogen and oxygen atoms in total. The number of nitrogens with one attached hydrogen (secondary N) is 2. The number of benzene rings is 2. The van der Waals surface area contributed by atoms with Gasteiger partial charge in [-0.15, -0.1) is 0 Å². The average Bonchev–Trinajstić information content (AvgIpc) is 2.55. The van der Waals surface area contributed by atoms with Gasteiger partial charge in [0.2, 0.25) is 15.9 Å². The molecule has 8 heteroatoms. The lowest BCUT2D eigenvalue weighted by molar-refractivity contribution is -0.114. The summed E-state index contributed by atoms with van der Waals surface area (Å²) in [6, 6.07) is 10.7. The van der Waals surface area contributed by atoms with Gasteiger partial charge in [0.1, 0.15) is 0 Å². The van der Waals surface area contributed by atoms with Crippen LogP contribution in [0.25, 0.3) is 0 Å². The van der Waals surface area contributed by atoms with E-state index in [1.165, 1.54) is 18.4 Å². The summed E-state index contributed by atoms with van der Waals surface area (Å²) in [4.78, 5) is 12.4. The first-order valence-electron chi connectivity index (χ1n) is 7.94. The van der Waals surface area contributed by atoms with Crippen LogP contribution >= 0.6 is 22.6 Å². The molecule has 2 aromatic rings. The Morgan fingerprint density at radius 2 is 1.85 bits per heavy atom. The third-order valence-corrected chi connectivity index (χ3v) is 6.43. The van der Waals surface area contributed by atoms with Crippen LogP contribution in [-0.2, 0) is 14.8 Å². The number of anilines is 2. The number of hydrogen-bond donors (Lipinski definition) is 2. The first-order valence-corrected chi connectivity index (χ1v) is 10.5. The minimum Gasteiger partial charge on any atom is -0.376 e. The van der Waals surface area contributed by atoms with Crippen molar-refractivity contribution < 1.29 is 13.2 Å². The molecule has 0 saturated carbocycles. The minimum atomic E-state index is -3.54.